The van der Waals surface area contributed by atoms with Gasteiger partial charge in [0.15, 0.2) is 6.29 Å². The first-order valence-electron chi connectivity index (χ1n) is 10.4. The molecule has 2 aliphatic heterocycles. The Labute approximate surface area is 167 Å². The van der Waals surface area contributed by atoms with Crippen LogP contribution in [0.3, 0.4) is 0 Å². The van der Waals surface area contributed by atoms with E-state index in [9.17, 15) is 20.4 Å². The fraction of sp³-hybridized carbons (Fsp3) is 0.905. The van der Waals surface area contributed by atoms with Gasteiger partial charge in [-0.2, -0.15) is 0 Å². The molecule has 3 rings (SSSR count). The Bertz CT molecular complexity index is 575. The molecule has 0 spiro atoms. The maximum absolute atomic E-state index is 10.3. The first kappa shape index (κ1) is 22.2. The van der Waals surface area contributed by atoms with Crippen LogP contribution in [0.5, 0.6) is 0 Å². The third-order valence-electron chi connectivity index (χ3n) is 6.82. The maximum Gasteiger partial charge on any atom is 0.187 e. The van der Waals surface area contributed by atoms with Gasteiger partial charge in [0.2, 0.25) is 0 Å². The number of rotatable bonds is 4. The molecule has 0 unspecified atom stereocenters. The molecule has 162 valence electrons. The van der Waals surface area contributed by atoms with Gasteiger partial charge in [0.1, 0.15) is 24.4 Å². The van der Waals surface area contributed by atoms with Gasteiger partial charge in [-0.1, -0.05) is 11.6 Å². The zero-order chi connectivity index (χ0) is 20.7. The van der Waals surface area contributed by atoms with Gasteiger partial charge in [0.05, 0.1) is 23.9 Å². The van der Waals surface area contributed by atoms with Crippen LogP contribution >= 0.6 is 0 Å². The summed E-state index contributed by atoms with van der Waals surface area (Å²) < 4.78 is 18.1. The fourth-order valence-corrected chi connectivity index (χ4v) is 4.86. The van der Waals surface area contributed by atoms with Crippen molar-refractivity contribution in [1.82, 2.24) is 0 Å². The SMILES string of the molecule is CC1=CC[C@@H]([C@]2(C)CC[C@H](O[C@@H]3O[C@H](CO)[C@@H](O)[C@H](O)[C@H]3O)C(C)(C)O2)CC1. The van der Waals surface area contributed by atoms with E-state index in [0.717, 1.165) is 32.1 Å². The quantitative estimate of drug-likeness (QED) is 0.526. The van der Waals surface area contributed by atoms with E-state index in [1.807, 2.05) is 13.8 Å². The summed E-state index contributed by atoms with van der Waals surface area (Å²) in [7, 11) is 0. The molecule has 7 nitrogen and oxygen atoms in total. The summed E-state index contributed by atoms with van der Waals surface area (Å²) in [4.78, 5) is 0. The highest BCUT2D eigenvalue weighted by Gasteiger charge is 2.51. The number of aliphatic hydroxyl groups is 4. The van der Waals surface area contributed by atoms with Gasteiger partial charge in [-0.25, -0.2) is 0 Å². The fourth-order valence-electron chi connectivity index (χ4n) is 4.86. The molecule has 2 heterocycles. The standard InChI is InChI=1S/C21H36O7/c1-12-5-7-13(8-6-12)21(4)10-9-15(20(2,3)28-21)27-19-18(25)17(24)16(23)14(11-22)26-19/h5,13-19,22-25H,6-11H2,1-4H3/t13-,14-,15+,16-,17+,18-,19+,21+/m1/s1. The molecule has 0 aromatic heterocycles. The molecule has 0 radical (unpaired) electrons. The van der Waals surface area contributed by atoms with Gasteiger partial charge in [-0.15, -0.1) is 0 Å². The van der Waals surface area contributed by atoms with E-state index in [1.165, 1.54) is 5.57 Å². The van der Waals surface area contributed by atoms with Crippen molar-refractivity contribution >= 4 is 0 Å². The Morgan fingerprint density at radius 3 is 2.39 bits per heavy atom. The van der Waals surface area contributed by atoms with Crippen molar-refractivity contribution in [2.75, 3.05) is 6.61 Å². The Balaban J connectivity index is 1.66. The van der Waals surface area contributed by atoms with Gasteiger partial charge >= 0.3 is 0 Å². The zero-order valence-electron chi connectivity index (χ0n) is 17.4. The normalized spacial score (nSPS) is 46.9. The number of allylic oxidation sites excluding steroid dienone is 2. The molecule has 2 fully saturated rings. The lowest BCUT2D eigenvalue weighted by atomic mass is 9.73. The van der Waals surface area contributed by atoms with E-state index in [4.69, 9.17) is 14.2 Å². The predicted octanol–water partition coefficient (Wildman–Crippen LogP) is 1.27. The third kappa shape index (κ3) is 4.31. The van der Waals surface area contributed by atoms with Crippen molar-refractivity contribution < 1.29 is 34.6 Å². The molecule has 3 aliphatic rings. The summed E-state index contributed by atoms with van der Waals surface area (Å²) in [6.07, 6.45) is 0.453. The van der Waals surface area contributed by atoms with Crippen molar-refractivity contribution in [1.29, 1.82) is 0 Å². The molecular weight excluding hydrogens is 364 g/mol. The van der Waals surface area contributed by atoms with Crippen LogP contribution in [-0.2, 0) is 14.2 Å². The molecule has 7 heteroatoms. The van der Waals surface area contributed by atoms with Gasteiger partial charge in [0.25, 0.3) is 0 Å². The van der Waals surface area contributed by atoms with Gasteiger partial charge in [0, 0.05) is 0 Å². The minimum atomic E-state index is -1.44. The van der Waals surface area contributed by atoms with Crippen molar-refractivity contribution in [3.05, 3.63) is 11.6 Å². The topological polar surface area (TPSA) is 109 Å². The zero-order valence-corrected chi connectivity index (χ0v) is 17.4. The number of hydrogen-bond acceptors (Lipinski definition) is 7. The monoisotopic (exact) mass is 400 g/mol. The average Bonchev–Trinajstić information content (AvgIpc) is 2.64. The van der Waals surface area contributed by atoms with E-state index in [0.29, 0.717) is 5.92 Å². The summed E-state index contributed by atoms with van der Waals surface area (Å²) in [5.41, 5.74) is 0.594. The lowest BCUT2D eigenvalue weighted by molar-refractivity contribution is -0.339. The second-order valence-electron chi connectivity index (χ2n) is 9.40. The van der Waals surface area contributed by atoms with E-state index in [-0.39, 0.29) is 11.7 Å². The summed E-state index contributed by atoms with van der Waals surface area (Å²) in [6, 6.07) is 0. The second-order valence-corrected chi connectivity index (χ2v) is 9.40. The summed E-state index contributed by atoms with van der Waals surface area (Å²) in [5.74, 6) is 0.462. The number of ether oxygens (including phenoxy) is 3. The van der Waals surface area contributed by atoms with E-state index in [2.05, 4.69) is 19.9 Å². The van der Waals surface area contributed by atoms with Crippen molar-refractivity contribution in [2.45, 2.75) is 108 Å². The van der Waals surface area contributed by atoms with Crippen LogP contribution in [0.15, 0.2) is 11.6 Å². The average molecular weight is 401 g/mol. The highest BCUT2D eigenvalue weighted by molar-refractivity contribution is 5.08. The lowest BCUT2D eigenvalue weighted by Crippen LogP contribution is -2.62. The largest absolute Gasteiger partial charge is 0.394 e. The Hall–Kier alpha value is -0.540. The smallest absolute Gasteiger partial charge is 0.187 e. The molecular formula is C21H36O7. The lowest BCUT2D eigenvalue weighted by Gasteiger charge is -2.52. The van der Waals surface area contributed by atoms with Crippen LogP contribution in [0.2, 0.25) is 0 Å². The Morgan fingerprint density at radius 2 is 1.82 bits per heavy atom. The number of hydrogen-bond donors (Lipinski definition) is 4. The molecule has 0 saturated carbocycles. The summed E-state index contributed by atoms with van der Waals surface area (Å²) >= 11 is 0. The summed E-state index contributed by atoms with van der Waals surface area (Å²) in [6.45, 7) is 7.83. The Morgan fingerprint density at radius 1 is 1.11 bits per heavy atom. The first-order valence-corrected chi connectivity index (χ1v) is 10.4. The van der Waals surface area contributed by atoms with Gasteiger partial charge < -0.3 is 34.6 Å². The van der Waals surface area contributed by atoms with Crippen LogP contribution in [0, 0.1) is 5.92 Å². The van der Waals surface area contributed by atoms with Crippen LogP contribution < -0.4 is 0 Å². The van der Waals surface area contributed by atoms with Crippen LogP contribution in [-0.4, -0.2) is 75.0 Å². The molecule has 0 bridgehead atoms. The van der Waals surface area contributed by atoms with E-state index < -0.39 is 42.9 Å². The second kappa shape index (κ2) is 8.30. The van der Waals surface area contributed by atoms with Gasteiger partial charge in [-0.3, -0.25) is 0 Å². The highest BCUT2D eigenvalue weighted by atomic mass is 16.7. The van der Waals surface area contributed by atoms with Crippen LogP contribution in [0.25, 0.3) is 0 Å². The molecule has 28 heavy (non-hydrogen) atoms. The highest BCUT2D eigenvalue weighted by Crippen LogP contribution is 2.45. The molecule has 8 atom stereocenters. The minimum absolute atomic E-state index is 0.240. The Kier molecular flexibility index (Phi) is 6.57. The van der Waals surface area contributed by atoms with E-state index >= 15 is 0 Å². The van der Waals surface area contributed by atoms with Crippen LogP contribution in [0.1, 0.15) is 59.8 Å². The number of aliphatic hydroxyl groups excluding tert-OH is 4. The first-order chi connectivity index (χ1) is 13.1. The molecule has 2 saturated heterocycles. The van der Waals surface area contributed by atoms with Crippen molar-refractivity contribution in [2.24, 2.45) is 5.92 Å². The minimum Gasteiger partial charge on any atom is -0.394 e. The van der Waals surface area contributed by atoms with Gasteiger partial charge in [-0.05, 0) is 65.7 Å². The van der Waals surface area contributed by atoms with Crippen molar-refractivity contribution in [3.8, 4) is 0 Å². The summed E-state index contributed by atoms with van der Waals surface area (Å²) in [5, 5.41) is 39.6. The molecule has 0 aromatic carbocycles. The molecule has 1 aliphatic carbocycles. The molecule has 0 amide bonds. The predicted molar refractivity (Wildman–Crippen MR) is 103 cm³/mol. The third-order valence-corrected chi connectivity index (χ3v) is 6.82. The van der Waals surface area contributed by atoms with Crippen molar-refractivity contribution in [3.63, 3.8) is 0 Å². The molecule has 0 aromatic rings. The maximum atomic E-state index is 10.3. The molecule has 4 N–H and O–H groups in total. The van der Waals surface area contributed by atoms with E-state index in [1.54, 1.807) is 0 Å². The van der Waals surface area contributed by atoms with Crippen LogP contribution in [0.4, 0.5) is 0 Å².